The average Bonchev–Trinajstić information content (AvgIpc) is 2.73. The summed E-state index contributed by atoms with van der Waals surface area (Å²) in [6.07, 6.45) is 5.42. The van der Waals surface area contributed by atoms with Crippen LogP contribution in [0.2, 0.25) is 0 Å². The van der Waals surface area contributed by atoms with Gasteiger partial charge < -0.3 is 5.32 Å². The second-order valence-electron chi connectivity index (χ2n) is 4.84. The number of carbonyl (C=O) groups is 1. The van der Waals surface area contributed by atoms with Crippen molar-refractivity contribution in [2.24, 2.45) is 11.8 Å². The van der Waals surface area contributed by atoms with Crippen molar-refractivity contribution in [1.82, 2.24) is 10.3 Å². The van der Waals surface area contributed by atoms with Gasteiger partial charge in [-0.3, -0.25) is 4.79 Å². The van der Waals surface area contributed by atoms with Crippen molar-refractivity contribution in [3.8, 4) is 0 Å². The van der Waals surface area contributed by atoms with Gasteiger partial charge >= 0.3 is 0 Å². The average molecular weight is 297 g/mol. The van der Waals surface area contributed by atoms with Crippen molar-refractivity contribution < 1.29 is 4.79 Å². The van der Waals surface area contributed by atoms with Crippen LogP contribution in [0.1, 0.15) is 36.5 Å². The van der Waals surface area contributed by atoms with E-state index in [4.69, 9.17) is 0 Å². The van der Waals surface area contributed by atoms with Gasteiger partial charge in [-0.2, -0.15) is 0 Å². The fourth-order valence-electron chi connectivity index (χ4n) is 2.40. The van der Waals surface area contributed by atoms with Gasteiger partial charge in [-0.25, -0.2) is 4.98 Å². The highest BCUT2D eigenvalue weighted by atomic mass is 79.9. The number of pyridine rings is 1. The summed E-state index contributed by atoms with van der Waals surface area (Å²) in [5.41, 5.74) is 0.610. The number of amides is 1. The third-order valence-electron chi connectivity index (χ3n) is 3.36. The molecule has 4 heteroatoms. The zero-order chi connectivity index (χ0) is 12.3. The summed E-state index contributed by atoms with van der Waals surface area (Å²) in [5, 5.41) is 2.99. The number of nitrogens with zero attached hydrogens (tertiary/aromatic N) is 1. The van der Waals surface area contributed by atoms with E-state index < -0.39 is 0 Å². The van der Waals surface area contributed by atoms with E-state index in [9.17, 15) is 4.79 Å². The largest absolute Gasteiger partial charge is 0.352 e. The van der Waals surface area contributed by atoms with Crippen LogP contribution in [-0.2, 0) is 0 Å². The van der Waals surface area contributed by atoms with Crippen LogP contribution in [0.3, 0.4) is 0 Å². The van der Waals surface area contributed by atoms with Gasteiger partial charge in [0, 0.05) is 12.7 Å². The van der Waals surface area contributed by atoms with E-state index in [1.165, 1.54) is 19.3 Å². The lowest BCUT2D eigenvalue weighted by atomic mass is 10.1. The topological polar surface area (TPSA) is 42.0 Å². The zero-order valence-corrected chi connectivity index (χ0v) is 11.5. The van der Waals surface area contributed by atoms with E-state index in [-0.39, 0.29) is 5.91 Å². The minimum Gasteiger partial charge on any atom is -0.352 e. The van der Waals surface area contributed by atoms with Gasteiger partial charge in [-0.1, -0.05) is 13.3 Å². The molecule has 0 aromatic carbocycles. The van der Waals surface area contributed by atoms with E-state index in [0.29, 0.717) is 16.1 Å². The van der Waals surface area contributed by atoms with Crippen LogP contribution >= 0.6 is 15.9 Å². The molecular weight excluding hydrogens is 280 g/mol. The van der Waals surface area contributed by atoms with Gasteiger partial charge in [0.1, 0.15) is 4.60 Å². The zero-order valence-electron chi connectivity index (χ0n) is 9.95. The third-order valence-corrected chi connectivity index (χ3v) is 3.99. The smallest absolute Gasteiger partial charge is 0.254 e. The molecule has 3 nitrogen and oxygen atoms in total. The lowest BCUT2D eigenvalue weighted by Crippen LogP contribution is -2.28. The molecule has 1 aromatic heterocycles. The maximum atomic E-state index is 11.9. The number of rotatable bonds is 3. The first-order chi connectivity index (χ1) is 8.16. The molecule has 1 amide bonds. The predicted molar refractivity (Wildman–Crippen MR) is 70.8 cm³/mol. The summed E-state index contributed by atoms with van der Waals surface area (Å²) in [5.74, 6) is 1.41. The van der Waals surface area contributed by atoms with Gasteiger partial charge in [0.2, 0.25) is 0 Å². The van der Waals surface area contributed by atoms with Gasteiger partial charge in [0.25, 0.3) is 5.91 Å². The first kappa shape index (κ1) is 12.6. The van der Waals surface area contributed by atoms with Crippen molar-refractivity contribution in [2.45, 2.75) is 26.2 Å². The molecule has 1 saturated carbocycles. The van der Waals surface area contributed by atoms with E-state index >= 15 is 0 Å². The van der Waals surface area contributed by atoms with Gasteiger partial charge in [-0.05, 0) is 52.7 Å². The lowest BCUT2D eigenvalue weighted by molar-refractivity contribution is 0.0946. The number of hydrogen-bond acceptors (Lipinski definition) is 2. The first-order valence-electron chi connectivity index (χ1n) is 6.05. The monoisotopic (exact) mass is 296 g/mol. The summed E-state index contributed by atoms with van der Waals surface area (Å²) in [7, 11) is 0. The summed E-state index contributed by atoms with van der Waals surface area (Å²) >= 11 is 3.29. The fourth-order valence-corrected chi connectivity index (χ4v) is 2.83. The highest BCUT2D eigenvalue weighted by molar-refractivity contribution is 9.10. The predicted octanol–water partition coefficient (Wildman–Crippen LogP) is 3.01. The van der Waals surface area contributed by atoms with Gasteiger partial charge in [0.15, 0.2) is 0 Å². The molecule has 1 aliphatic rings. The lowest BCUT2D eigenvalue weighted by Gasteiger charge is -2.11. The number of aromatic nitrogens is 1. The molecule has 0 saturated heterocycles. The van der Waals surface area contributed by atoms with Crippen LogP contribution in [0.4, 0.5) is 0 Å². The molecule has 1 fully saturated rings. The molecule has 0 aliphatic heterocycles. The van der Waals surface area contributed by atoms with Crippen molar-refractivity contribution >= 4 is 21.8 Å². The Morgan fingerprint density at radius 2 is 2.41 bits per heavy atom. The molecule has 1 aromatic rings. The molecule has 1 heterocycles. The minimum absolute atomic E-state index is 0.0375. The molecule has 0 radical (unpaired) electrons. The van der Waals surface area contributed by atoms with Crippen LogP contribution in [0, 0.1) is 11.8 Å². The van der Waals surface area contributed by atoms with E-state index in [1.54, 1.807) is 18.3 Å². The molecule has 1 aliphatic carbocycles. The molecule has 2 unspecified atom stereocenters. The van der Waals surface area contributed by atoms with Crippen molar-refractivity contribution in [3.63, 3.8) is 0 Å². The van der Waals surface area contributed by atoms with Crippen LogP contribution in [-0.4, -0.2) is 17.4 Å². The second kappa shape index (κ2) is 5.63. The third kappa shape index (κ3) is 3.28. The Morgan fingerprint density at radius 1 is 1.59 bits per heavy atom. The standard InChI is InChI=1S/C13H17BrN2O/c1-9-4-5-10(7-9)8-16-13(17)11-3-2-6-15-12(11)14/h2-3,6,9-10H,4-5,7-8H2,1H3,(H,16,17). The first-order valence-corrected chi connectivity index (χ1v) is 6.85. The Balaban J connectivity index is 1.88. The minimum atomic E-state index is -0.0375. The van der Waals surface area contributed by atoms with Crippen LogP contribution in [0.5, 0.6) is 0 Å². The van der Waals surface area contributed by atoms with Gasteiger partial charge in [0.05, 0.1) is 5.56 Å². The highest BCUT2D eigenvalue weighted by Gasteiger charge is 2.22. The number of nitrogens with one attached hydrogen (secondary N) is 1. The highest BCUT2D eigenvalue weighted by Crippen LogP contribution is 2.29. The van der Waals surface area contributed by atoms with Gasteiger partial charge in [-0.15, -0.1) is 0 Å². The van der Waals surface area contributed by atoms with Crippen molar-refractivity contribution in [3.05, 3.63) is 28.5 Å². The Labute approximate surface area is 110 Å². The van der Waals surface area contributed by atoms with E-state index in [2.05, 4.69) is 33.2 Å². The van der Waals surface area contributed by atoms with E-state index in [1.807, 2.05) is 0 Å². The summed E-state index contributed by atoms with van der Waals surface area (Å²) < 4.78 is 0.609. The fraction of sp³-hybridized carbons (Fsp3) is 0.538. The SMILES string of the molecule is CC1CCC(CNC(=O)c2cccnc2Br)C1. The van der Waals surface area contributed by atoms with E-state index in [0.717, 1.165) is 12.5 Å². The molecular formula is C13H17BrN2O. The van der Waals surface area contributed by atoms with Crippen molar-refractivity contribution in [2.75, 3.05) is 6.54 Å². The maximum Gasteiger partial charge on any atom is 0.254 e. The molecule has 2 rings (SSSR count). The summed E-state index contributed by atoms with van der Waals surface area (Å²) in [6, 6.07) is 3.56. The Morgan fingerprint density at radius 3 is 3.06 bits per heavy atom. The number of hydrogen-bond donors (Lipinski definition) is 1. The number of carbonyl (C=O) groups excluding carboxylic acids is 1. The second-order valence-corrected chi connectivity index (χ2v) is 5.59. The molecule has 2 atom stereocenters. The molecule has 1 N–H and O–H groups in total. The number of halogens is 1. The maximum absolute atomic E-state index is 11.9. The molecule has 92 valence electrons. The molecule has 0 spiro atoms. The quantitative estimate of drug-likeness (QED) is 0.871. The summed E-state index contributed by atoms with van der Waals surface area (Å²) in [6.45, 7) is 3.06. The van der Waals surface area contributed by atoms with Crippen LogP contribution in [0.15, 0.2) is 22.9 Å². The Kier molecular flexibility index (Phi) is 4.15. The molecule has 0 bridgehead atoms. The summed E-state index contributed by atoms with van der Waals surface area (Å²) in [4.78, 5) is 16.0. The van der Waals surface area contributed by atoms with Crippen LogP contribution in [0.25, 0.3) is 0 Å². The Hall–Kier alpha value is -0.900. The normalized spacial score (nSPS) is 23.6. The Bertz CT molecular complexity index is 408. The van der Waals surface area contributed by atoms with Crippen LogP contribution < -0.4 is 5.32 Å². The molecule has 17 heavy (non-hydrogen) atoms. The van der Waals surface area contributed by atoms with Crippen molar-refractivity contribution in [1.29, 1.82) is 0 Å².